The molecule has 0 aliphatic carbocycles. The number of nitrogens with zero attached hydrogens (tertiary/aromatic N) is 1. The fraction of sp³-hybridized carbons (Fsp3) is 0.136. The van der Waals surface area contributed by atoms with E-state index in [2.05, 4.69) is 29.4 Å². The van der Waals surface area contributed by atoms with Crippen LogP contribution < -0.4 is 4.74 Å². The second-order valence-corrected chi connectivity index (χ2v) is 7.21. The smallest absolute Gasteiger partial charge is 0.358 e. The molecule has 130 valence electrons. The maximum atomic E-state index is 6.26. The van der Waals surface area contributed by atoms with Gasteiger partial charge >= 0.3 is 5.12 Å². The van der Waals surface area contributed by atoms with Crippen LogP contribution in [0.2, 0.25) is 0 Å². The summed E-state index contributed by atoms with van der Waals surface area (Å²) in [6.45, 7) is 0. The third-order valence-electron chi connectivity index (χ3n) is 4.11. The molecular formula is C22H19NO2S. The summed E-state index contributed by atoms with van der Waals surface area (Å²) in [4.78, 5) is 5.86. The lowest BCUT2D eigenvalue weighted by atomic mass is 10.1. The van der Waals surface area contributed by atoms with Crippen LogP contribution in [-0.4, -0.2) is 5.04 Å². The van der Waals surface area contributed by atoms with E-state index < -0.39 is 5.12 Å². The minimum absolute atomic E-state index is 0.753. The Hall–Kier alpha value is -2.72. The van der Waals surface area contributed by atoms with Crippen molar-refractivity contribution >= 4 is 16.8 Å². The van der Waals surface area contributed by atoms with Gasteiger partial charge in [0.2, 0.25) is 0 Å². The molecule has 1 aliphatic heterocycles. The highest BCUT2D eigenvalue weighted by molar-refractivity contribution is 8.14. The molecule has 1 aliphatic rings. The summed E-state index contributed by atoms with van der Waals surface area (Å²) < 4.78 is 6.26. The van der Waals surface area contributed by atoms with Gasteiger partial charge in [-0.05, 0) is 35.9 Å². The molecule has 0 bridgehead atoms. The lowest BCUT2D eigenvalue weighted by Crippen LogP contribution is -2.29. The Morgan fingerprint density at radius 1 is 0.769 bits per heavy atom. The predicted octanol–water partition coefficient (Wildman–Crippen LogP) is 5.59. The Kier molecular flexibility index (Phi) is 4.93. The maximum absolute atomic E-state index is 6.26. The van der Waals surface area contributed by atoms with Gasteiger partial charge in [0.1, 0.15) is 10.8 Å². The zero-order chi connectivity index (χ0) is 17.7. The van der Waals surface area contributed by atoms with Crippen LogP contribution in [0.1, 0.15) is 17.5 Å². The Bertz CT molecular complexity index is 868. The highest BCUT2D eigenvalue weighted by Gasteiger charge is 2.44. The number of ether oxygens (including phenoxy) is 1. The maximum Gasteiger partial charge on any atom is 0.358 e. The second-order valence-electron chi connectivity index (χ2n) is 6.00. The first kappa shape index (κ1) is 16.7. The van der Waals surface area contributed by atoms with Gasteiger partial charge in [0.25, 0.3) is 0 Å². The summed E-state index contributed by atoms with van der Waals surface area (Å²) >= 11 is 1.53. The zero-order valence-corrected chi connectivity index (χ0v) is 15.1. The van der Waals surface area contributed by atoms with E-state index in [4.69, 9.17) is 9.57 Å². The van der Waals surface area contributed by atoms with Gasteiger partial charge in [0.15, 0.2) is 0 Å². The van der Waals surface area contributed by atoms with E-state index in [1.807, 2.05) is 66.7 Å². The molecule has 0 aromatic heterocycles. The third kappa shape index (κ3) is 3.75. The van der Waals surface area contributed by atoms with Crippen molar-refractivity contribution in [1.29, 1.82) is 0 Å². The molecule has 3 aromatic rings. The van der Waals surface area contributed by atoms with Gasteiger partial charge in [0, 0.05) is 6.42 Å². The molecule has 0 radical (unpaired) electrons. The molecule has 0 N–H and O–H groups in total. The lowest BCUT2D eigenvalue weighted by Gasteiger charge is -2.26. The summed E-state index contributed by atoms with van der Waals surface area (Å²) in [6.07, 6.45) is 1.74. The van der Waals surface area contributed by atoms with Crippen molar-refractivity contribution in [3.05, 3.63) is 102 Å². The Morgan fingerprint density at radius 3 is 2.08 bits per heavy atom. The first-order valence-corrected chi connectivity index (χ1v) is 9.43. The van der Waals surface area contributed by atoms with Crippen molar-refractivity contribution in [2.75, 3.05) is 0 Å². The molecule has 1 unspecified atom stereocenters. The first-order valence-electron chi connectivity index (χ1n) is 8.62. The summed E-state index contributed by atoms with van der Waals surface area (Å²) in [6, 6.07) is 30.1. The van der Waals surface area contributed by atoms with Crippen LogP contribution in [0.25, 0.3) is 0 Å². The number of oxime groups is 1. The van der Waals surface area contributed by atoms with Crippen LogP contribution in [-0.2, 0) is 16.4 Å². The van der Waals surface area contributed by atoms with Gasteiger partial charge < -0.3 is 9.57 Å². The van der Waals surface area contributed by atoms with Crippen molar-refractivity contribution in [2.24, 2.45) is 5.16 Å². The summed E-state index contributed by atoms with van der Waals surface area (Å²) in [7, 11) is 0. The van der Waals surface area contributed by atoms with Gasteiger partial charge in [-0.15, -0.1) is 0 Å². The molecule has 3 nitrogen and oxygen atoms in total. The molecule has 4 rings (SSSR count). The highest BCUT2D eigenvalue weighted by atomic mass is 32.2. The van der Waals surface area contributed by atoms with Gasteiger partial charge in [-0.3, -0.25) is 0 Å². The normalized spacial score (nSPS) is 18.8. The van der Waals surface area contributed by atoms with E-state index >= 15 is 0 Å². The minimum Gasteiger partial charge on any atom is -0.438 e. The minimum atomic E-state index is -0.978. The van der Waals surface area contributed by atoms with Crippen molar-refractivity contribution in [3.63, 3.8) is 0 Å². The van der Waals surface area contributed by atoms with E-state index in [1.165, 1.54) is 17.3 Å². The summed E-state index contributed by atoms with van der Waals surface area (Å²) in [5.41, 5.74) is 2.23. The van der Waals surface area contributed by atoms with E-state index in [-0.39, 0.29) is 0 Å². The molecular weight excluding hydrogens is 342 g/mol. The molecule has 0 saturated carbocycles. The number of rotatable bonds is 6. The van der Waals surface area contributed by atoms with Gasteiger partial charge in [-0.2, -0.15) is 0 Å². The van der Waals surface area contributed by atoms with E-state index in [0.29, 0.717) is 0 Å². The van der Waals surface area contributed by atoms with Crippen molar-refractivity contribution < 1.29 is 9.57 Å². The molecule has 1 heterocycles. The second kappa shape index (κ2) is 7.67. The average molecular weight is 361 g/mol. The van der Waals surface area contributed by atoms with Crippen molar-refractivity contribution in [1.82, 2.24) is 0 Å². The molecule has 0 amide bonds. The average Bonchev–Trinajstić information content (AvgIpc) is 3.13. The number of thioether (sulfide) groups is 1. The van der Waals surface area contributed by atoms with E-state index in [0.717, 1.165) is 29.2 Å². The molecule has 0 spiro atoms. The molecule has 26 heavy (non-hydrogen) atoms. The third-order valence-corrected chi connectivity index (χ3v) is 5.29. The van der Waals surface area contributed by atoms with Gasteiger partial charge in [-0.1, -0.05) is 84.0 Å². The number of para-hydroxylation sites is 1. The Balaban J connectivity index is 1.52. The standard InChI is InChI=1S/C22H19NO2S/c1-4-10-18(11-5-1)16-17-21-23-25-22(26-21,19-12-6-2-7-13-19)24-20-14-8-3-9-15-20/h1-15H,16-17H2. The molecule has 3 aromatic carbocycles. The largest absolute Gasteiger partial charge is 0.438 e. The van der Waals surface area contributed by atoms with Gasteiger partial charge in [-0.25, -0.2) is 0 Å². The monoisotopic (exact) mass is 361 g/mol. The fourth-order valence-corrected chi connectivity index (χ4v) is 3.85. The SMILES string of the molecule is c1ccc(CCC2=NOC(Oc3ccccc3)(c3ccccc3)S2)cc1. The van der Waals surface area contributed by atoms with Crippen LogP contribution in [0.15, 0.2) is 96.2 Å². The van der Waals surface area contributed by atoms with E-state index in [1.54, 1.807) is 0 Å². The zero-order valence-electron chi connectivity index (χ0n) is 14.2. The Morgan fingerprint density at radius 2 is 1.38 bits per heavy atom. The van der Waals surface area contributed by atoms with Crippen LogP contribution in [0.4, 0.5) is 0 Å². The number of hydrogen-bond donors (Lipinski definition) is 0. The van der Waals surface area contributed by atoms with Crippen LogP contribution in [0, 0.1) is 0 Å². The van der Waals surface area contributed by atoms with Crippen LogP contribution in [0.5, 0.6) is 5.75 Å². The molecule has 4 heteroatoms. The van der Waals surface area contributed by atoms with Crippen molar-refractivity contribution in [3.8, 4) is 5.75 Å². The van der Waals surface area contributed by atoms with Crippen LogP contribution in [0.3, 0.4) is 0 Å². The quantitative estimate of drug-likeness (QED) is 0.574. The van der Waals surface area contributed by atoms with E-state index in [9.17, 15) is 0 Å². The molecule has 1 atom stereocenters. The predicted molar refractivity (Wildman–Crippen MR) is 106 cm³/mol. The Labute approximate surface area is 157 Å². The summed E-state index contributed by atoms with van der Waals surface area (Å²) in [5.74, 6) is 0.753. The number of aryl methyl sites for hydroxylation is 1. The number of benzene rings is 3. The number of hydrogen-bond acceptors (Lipinski definition) is 4. The lowest BCUT2D eigenvalue weighted by molar-refractivity contribution is -0.110. The molecule has 0 saturated heterocycles. The van der Waals surface area contributed by atoms with Crippen molar-refractivity contribution in [2.45, 2.75) is 18.0 Å². The highest BCUT2D eigenvalue weighted by Crippen LogP contribution is 2.45. The van der Waals surface area contributed by atoms with Gasteiger partial charge in [0.05, 0.1) is 5.56 Å². The first-order chi connectivity index (χ1) is 12.8. The fourth-order valence-electron chi connectivity index (χ4n) is 2.79. The topological polar surface area (TPSA) is 30.8 Å². The summed E-state index contributed by atoms with van der Waals surface area (Å²) in [5, 5.41) is 4.29. The van der Waals surface area contributed by atoms with Crippen LogP contribution >= 0.6 is 11.8 Å². The molecule has 0 fully saturated rings.